The van der Waals surface area contributed by atoms with Gasteiger partial charge in [0.1, 0.15) is 11.2 Å². The fraction of sp³-hybridized carbons (Fsp3) is 0. The van der Waals surface area contributed by atoms with E-state index in [0.717, 1.165) is 77.3 Å². The second kappa shape index (κ2) is 9.71. The first-order chi connectivity index (χ1) is 23.3. The molecule has 218 valence electrons. The van der Waals surface area contributed by atoms with Gasteiger partial charge < -0.3 is 13.6 Å². The monoisotopic (exact) mass is 599 g/mol. The average Bonchev–Trinajstić information content (AvgIpc) is 3.79. The van der Waals surface area contributed by atoms with E-state index in [4.69, 9.17) is 4.42 Å². The zero-order valence-corrected chi connectivity index (χ0v) is 25.2. The molecule has 0 N–H and O–H groups in total. The number of hydrogen-bond donors (Lipinski definition) is 0. The third kappa shape index (κ3) is 3.63. The summed E-state index contributed by atoms with van der Waals surface area (Å²) in [6.45, 7) is 0. The van der Waals surface area contributed by atoms with Crippen LogP contribution in [0.3, 0.4) is 0 Å². The number of fused-ring (bicyclic) bond motifs is 10. The molecule has 7 aromatic carbocycles. The molecule has 3 aromatic heterocycles. The van der Waals surface area contributed by atoms with E-state index in [-0.39, 0.29) is 0 Å². The maximum Gasteiger partial charge on any atom is 0.145 e. The van der Waals surface area contributed by atoms with Crippen LogP contribution in [0.2, 0.25) is 0 Å². The van der Waals surface area contributed by atoms with Crippen LogP contribution in [-0.4, -0.2) is 9.13 Å². The van der Waals surface area contributed by atoms with Crippen molar-refractivity contribution in [2.24, 2.45) is 0 Å². The van der Waals surface area contributed by atoms with Gasteiger partial charge in [-0.15, -0.1) is 0 Å². The quantitative estimate of drug-likeness (QED) is 0.203. The highest BCUT2D eigenvalue weighted by Crippen LogP contribution is 2.41. The van der Waals surface area contributed by atoms with E-state index in [1.165, 1.54) is 10.8 Å². The van der Waals surface area contributed by atoms with Crippen LogP contribution >= 0.6 is 0 Å². The molecular weight excluding hydrogens is 574 g/mol. The van der Waals surface area contributed by atoms with Crippen molar-refractivity contribution in [3.63, 3.8) is 0 Å². The Morgan fingerprint density at radius 3 is 1.83 bits per heavy atom. The van der Waals surface area contributed by atoms with E-state index in [1.807, 2.05) is 18.2 Å². The summed E-state index contributed by atoms with van der Waals surface area (Å²) < 4.78 is 11.1. The minimum absolute atomic E-state index is 0.637. The maximum atomic E-state index is 10.3. The Balaban J connectivity index is 1.20. The predicted octanol–water partition coefficient (Wildman–Crippen LogP) is 11.3. The fourth-order valence-electron chi connectivity index (χ4n) is 7.53. The highest BCUT2D eigenvalue weighted by Gasteiger charge is 2.19. The van der Waals surface area contributed by atoms with Gasteiger partial charge >= 0.3 is 0 Å². The summed E-state index contributed by atoms with van der Waals surface area (Å²) in [5.41, 5.74) is 10.8. The first-order valence-electron chi connectivity index (χ1n) is 15.8. The fourth-order valence-corrected chi connectivity index (χ4v) is 7.53. The molecular formula is C43H25N3O. The molecule has 3 heterocycles. The van der Waals surface area contributed by atoms with Crippen molar-refractivity contribution in [1.29, 1.82) is 5.26 Å². The molecule has 0 amide bonds. The van der Waals surface area contributed by atoms with Crippen molar-refractivity contribution in [3.05, 3.63) is 157 Å². The highest BCUT2D eigenvalue weighted by atomic mass is 16.3. The Kier molecular flexibility index (Phi) is 5.32. The van der Waals surface area contributed by atoms with E-state index in [1.54, 1.807) is 0 Å². The first kappa shape index (κ1) is 25.7. The van der Waals surface area contributed by atoms with E-state index in [2.05, 4.69) is 149 Å². The molecule has 0 spiro atoms. The lowest BCUT2D eigenvalue weighted by atomic mass is 9.99. The number of nitriles is 1. The zero-order chi connectivity index (χ0) is 31.1. The topological polar surface area (TPSA) is 46.8 Å². The van der Waals surface area contributed by atoms with Crippen molar-refractivity contribution >= 4 is 65.6 Å². The molecule has 10 rings (SSSR count). The van der Waals surface area contributed by atoms with Crippen LogP contribution in [0, 0.1) is 11.3 Å². The Morgan fingerprint density at radius 1 is 0.468 bits per heavy atom. The minimum Gasteiger partial charge on any atom is -0.455 e. The average molecular weight is 600 g/mol. The molecule has 0 saturated heterocycles. The standard InChI is InChI=1S/C43H25N3O/c44-26-28-20-21-30(45-37-16-5-1-12-31(37)32-13-2-6-17-38(32)45)25-36(28)27-10-9-11-29(24-27)46-39-18-7-3-15-35(39)42-40(46)23-22-34-33-14-4-8-19-41(33)47-43(34)42/h1-25H. The lowest BCUT2D eigenvalue weighted by molar-refractivity contribution is 0.673. The Hall–Kier alpha value is -6.57. The summed E-state index contributed by atoms with van der Waals surface area (Å²) in [4.78, 5) is 0. The molecule has 0 atom stereocenters. The molecule has 47 heavy (non-hydrogen) atoms. The second-order valence-corrected chi connectivity index (χ2v) is 12.0. The van der Waals surface area contributed by atoms with Crippen molar-refractivity contribution in [1.82, 2.24) is 9.13 Å². The molecule has 0 aliphatic heterocycles. The molecule has 0 bridgehead atoms. The third-order valence-corrected chi connectivity index (χ3v) is 9.56. The van der Waals surface area contributed by atoms with Gasteiger partial charge in [0, 0.05) is 43.9 Å². The van der Waals surface area contributed by atoms with Gasteiger partial charge in [-0.3, -0.25) is 0 Å². The van der Waals surface area contributed by atoms with Crippen LogP contribution in [-0.2, 0) is 0 Å². The SMILES string of the molecule is N#Cc1ccc(-n2c3ccccc3c3ccccc32)cc1-c1cccc(-n2c3ccccc3c3c4oc5ccccc5c4ccc32)c1. The summed E-state index contributed by atoms with van der Waals surface area (Å²) in [7, 11) is 0. The third-order valence-electron chi connectivity index (χ3n) is 9.56. The maximum absolute atomic E-state index is 10.3. The van der Waals surface area contributed by atoms with E-state index < -0.39 is 0 Å². The van der Waals surface area contributed by atoms with Crippen LogP contribution in [0.1, 0.15) is 5.56 Å². The highest BCUT2D eigenvalue weighted by molar-refractivity contribution is 6.23. The molecule has 4 nitrogen and oxygen atoms in total. The van der Waals surface area contributed by atoms with Gasteiger partial charge in [0.05, 0.1) is 39.1 Å². The Bertz CT molecular complexity index is 2880. The van der Waals surface area contributed by atoms with Crippen molar-refractivity contribution in [2.75, 3.05) is 0 Å². The van der Waals surface area contributed by atoms with Gasteiger partial charge in [-0.1, -0.05) is 84.9 Å². The van der Waals surface area contributed by atoms with E-state index in [0.29, 0.717) is 5.56 Å². The number of hydrogen-bond acceptors (Lipinski definition) is 2. The predicted molar refractivity (Wildman–Crippen MR) is 193 cm³/mol. The normalized spacial score (nSPS) is 11.8. The van der Waals surface area contributed by atoms with Crippen molar-refractivity contribution < 1.29 is 4.42 Å². The number of benzene rings is 7. The largest absolute Gasteiger partial charge is 0.455 e. The van der Waals surface area contributed by atoms with Gasteiger partial charge in [0.25, 0.3) is 0 Å². The minimum atomic E-state index is 0.637. The van der Waals surface area contributed by atoms with Gasteiger partial charge in [0.15, 0.2) is 0 Å². The number of para-hydroxylation sites is 4. The zero-order valence-electron chi connectivity index (χ0n) is 25.2. The summed E-state index contributed by atoms with van der Waals surface area (Å²) in [5, 5.41) is 17.2. The van der Waals surface area contributed by atoms with E-state index in [9.17, 15) is 5.26 Å². The lowest BCUT2D eigenvalue weighted by Crippen LogP contribution is -1.97. The molecule has 0 saturated carbocycles. The van der Waals surface area contributed by atoms with Gasteiger partial charge in [-0.05, 0) is 72.3 Å². The summed E-state index contributed by atoms with van der Waals surface area (Å²) >= 11 is 0. The molecule has 10 aromatic rings. The smallest absolute Gasteiger partial charge is 0.145 e. The number of rotatable bonds is 3. The van der Waals surface area contributed by atoms with Gasteiger partial charge in [0.2, 0.25) is 0 Å². The molecule has 0 aliphatic rings. The van der Waals surface area contributed by atoms with Crippen molar-refractivity contribution in [3.8, 4) is 28.6 Å². The van der Waals surface area contributed by atoms with Crippen LogP contribution in [0.25, 0.3) is 88.1 Å². The first-order valence-corrected chi connectivity index (χ1v) is 15.8. The summed E-state index contributed by atoms with van der Waals surface area (Å²) in [6.07, 6.45) is 0. The number of nitrogens with zero attached hydrogens (tertiary/aromatic N) is 3. The molecule has 0 fully saturated rings. The molecule has 0 unspecified atom stereocenters. The molecule has 0 radical (unpaired) electrons. The van der Waals surface area contributed by atoms with Gasteiger partial charge in [-0.2, -0.15) is 5.26 Å². The van der Waals surface area contributed by atoms with E-state index >= 15 is 0 Å². The number of aromatic nitrogens is 2. The van der Waals surface area contributed by atoms with Gasteiger partial charge in [-0.25, -0.2) is 0 Å². The molecule has 0 aliphatic carbocycles. The summed E-state index contributed by atoms with van der Waals surface area (Å²) in [5.74, 6) is 0. The lowest BCUT2D eigenvalue weighted by Gasteiger charge is -2.14. The van der Waals surface area contributed by atoms with Crippen LogP contribution in [0.15, 0.2) is 156 Å². The molecule has 4 heteroatoms. The Morgan fingerprint density at radius 2 is 1.09 bits per heavy atom. The number of furan rings is 1. The van der Waals surface area contributed by atoms with Crippen LogP contribution < -0.4 is 0 Å². The Labute approximate surface area is 269 Å². The van der Waals surface area contributed by atoms with Crippen LogP contribution in [0.5, 0.6) is 0 Å². The second-order valence-electron chi connectivity index (χ2n) is 12.0. The van der Waals surface area contributed by atoms with Crippen LogP contribution in [0.4, 0.5) is 0 Å². The summed E-state index contributed by atoms with van der Waals surface area (Å²) in [6, 6.07) is 55.2. The van der Waals surface area contributed by atoms with Crippen molar-refractivity contribution in [2.45, 2.75) is 0 Å².